The van der Waals surface area contributed by atoms with Gasteiger partial charge in [-0.3, -0.25) is 0 Å². The number of sulfonamides is 1. The van der Waals surface area contributed by atoms with Gasteiger partial charge in [0.05, 0.1) is 4.90 Å². The predicted molar refractivity (Wildman–Crippen MR) is 87.2 cm³/mol. The zero-order valence-electron chi connectivity index (χ0n) is 12.9. The van der Waals surface area contributed by atoms with E-state index < -0.39 is 10.0 Å². The van der Waals surface area contributed by atoms with Crippen LogP contribution in [0, 0.1) is 0 Å². The van der Waals surface area contributed by atoms with Crippen molar-refractivity contribution in [2.24, 2.45) is 0 Å². The van der Waals surface area contributed by atoms with Crippen LogP contribution in [0.4, 0.5) is 0 Å². The summed E-state index contributed by atoms with van der Waals surface area (Å²) in [5.41, 5.74) is 1.10. The Hall–Kier alpha value is -2.25. The first kappa shape index (κ1) is 15.3. The molecule has 24 heavy (non-hydrogen) atoms. The molecule has 2 heterocycles. The van der Waals surface area contributed by atoms with Crippen LogP contribution in [0.5, 0.6) is 17.2 Å². The maximum atomic E-state index is 12.5. The molecule has 0 saturated carbocycles. The highest BCUT2D eigenvalue weighted by atomic mass is 32.2. The largest absolute Gasteiger partial charge is 0.488 e. The Morgan fingerprint density at radius 2 is 1.79 bits per heavy atom. The van der Waals surface area contributed by atoms with E-state index in [1.54, 1.807) is 6.07 Å². The second-order valence-corrected chi connectivity index (χ2v) is 7.48. The Morgan fingerprint density at radius 3 is 2.62 bits per heavy atom. The van der Waals surface area contributed by atoms with Crippen molar-refractivity contribution in [2.45, 2.75) is 17.4 Å². The van der Waals surface area contributed by atoms with E-state index in [1.807, 2.05) is 24.3 Å². The summed E-state index contributed by atoms with van der Waals surface area (Å²) in [7, 11) is -3.63. The number of nitrogens with one attached hydrogen (secondary N) is 1. The van der Waals surface area contributed by atoms with Crippen LogP contribution < -0.4 is 18.9 Å². The third kappa shape index (κ3) is 2.92. The summed E-state index contributed by atoms with van der Waals surface area (Å²) >= 11 is 0. The molecule has 0 saturated heterocycles. The Kier molecular flexibility index (Phi) is 3.82. The summed E-state index contributed by atoms with van der Waals surface area (Å²) in [5, 5.41) is 0. The van der Waals surface area contributed by atoms with Crippen molar-refractivity contribution in [3.05, 3.63) is 48.0 Å². The Balaban J connectivity index is 1.45. The van der Waals surface area contributed by atoms with E-state index in [1.165, 1.54) is 12.1 Å². The quantitative estimate of drug-likeness (QED) is 0.912. The molecule has 1 N–H and O–H groups in total. The van der Waals surface area contributed by atoms with Crippen LogP contribution in [0.2, 0.25) is 0 Å². The number of ether oxygens (including phenoxy) is 3. The highest BCUT2D eigenvalue weighted by Crippen LogP contribution is 2.32. The van der Waals surface area contributed by atoms with Gasteiger partial charge in [0.15, 0.2) is 11.5 Å². The minimum absolute atomic E-state index is 0.155. The van der Waals surface area contributed by atoms with Gasteiger partial charge in [-0.15, -0.1) is 0 Å². The molecule has 4 rings (SSSR count). The van der Waals surface area contributed by atoms with Gasteiger partial charge in [0.25, 0.3) is 0 Å². The second kappa shape index (κ2) is 5.99. The van der Waals surface area contributed by atoms with E-state index in [4.69, 9.17) is 14.2 Å². The molecule has 6 nitrogen and oxygen atoms in total. The third-order valence-corrected chi connectivity index (χ3v) is 5.46. The van der Waals surface area contributed by atoms with E-state index >= 15 is 0 Å². The number of benzene rings is 2. The zero-order chi connectivity index (χ0) is 16.6. The molecule has 7 heteroatoms. The van der Waals surface area contributed by atoms with Crippen molar-refractivity contribution in [3.8, 4) is 17.2 Å². The van der Waals surface area contributed by atoms with Gasteiger partial charge in [0.1, 0.15) is 25.1 Å². The molecule has 1 atom stereocenters. The summed E-state index contributed by atoms with van der Waals surface area (Å²) in [5.74, 6) is 1.84. The van der Waals surface area contributed by atoms with Gasteiger partial charge in [-0.2, -0.15) is 0 Å². The van der Waals surface area contributed by atoms with Gasteiger partial charge in [-0.05, 0) is 23.8 Å². The SMILES string of the molecule is O=S(=O)(NCC1Cc2ccccc2O1)c1ccc2c(c1)OCCO2. The molecule has 0 aromatic heterocycles. The van der Waals surface area contributed by atoms with Crippen LogP contribution >= 0.6 is 0 Å². The fourth-order valence-electron chi connectivity index (χ4n) is 2.84. The summed E-state index contributed by atoms with van der Waals surface area (Å²) in [6.45, 7) is 1.10. The van der Waals surface area contributed by atoms with Crippen molar-refractivity contribution < 1.29 is 22.6 Å². The number of rotatable bonds is 4. The molecule has 126 valence electrons. The molecule has 1 unspecified atom stereocenters. The first-order valence-corrected chi connectivity index (χ1v) is 9.24. The molecule has 0 radical (unpaired) electrons. The van der Waals surface area contributed by atoms with Gasteiger partial charge in [-0.1, -0.05) is 18.2 Å². The summed E-state index contributed by atoms with van der Waals surface area (Å²) in [6.07, 6.45) is 0.495. The molecular weight excluding hydrogens is 330 g/mol. The van der Waals surface area contributed by atoms with Crippen LogP contribution in [0.15, 0.2) is 47.4 Å². The van der Waals surface area contributed by atoms with Crippen LogP contribution in [-0.4, -0.2) is 34.3 Å². The van der Waals surface area contributed by atoms with Gasteiger partial charge in [-0.25, -0.2) is 13.1 Å². The van der Waals surface area contributed by atoms with Gasteiger partial charge in [0.2, 0.25) is 10.0 Å². The van der Waals surface area contributed by atoms with Crippen molar-refractivity contribution >= 4 is 10.0 Å². The molecule has 0 aliphatic carbocycles. The van der Waals surface area contributed by atoms with Gasteiger partial charge >= 0.3 is 0 Å². The molecular formula is C17H17NO5S. The first-order chi connectivity index (χ1) is 11.6. The van der Waals surface area contributed by atoms with Gasteiger partial charge in [0, 0.05) is 19.0 Å². The van der Waals surface area contributed by atoms with Crippen molar-refractivity contribution in [1.29, 1.82) is 0 Å². The Morgan fingerprint density at radius 1 is 1.00 bits per heavy atom. The second-order valence-electron chi connectivity index (χ2n) is 5.71. The molecule has 2 aliphatic rings. The normalized spacial score (nSPS) is 18.8. The lowest BCUT2D eigenvalue weighted by Gasteiger charge is -2.19. The average Bonchev–Trinajstić information content (AvgIpc) is 3.03. The van der Waals surface area contributed by atoms with Crippen LogP contribution in [0.3, 0.4) is 0 Å². The minimum atomic E-state index is -3.63. The van der Waals surface area contributed by atoms with Gasteiger partial charge < -0.3 is 14.2 Å². The third-order valence-electron chi connectivity index (χ3n) is 4.04. The van der Waals surface area contributed by atoms with E-state index in [0.717, 1.165) is 11.3 Å². The monoisotopic (exact) mass is 347 g/mol. The first-order valence-electron chi connectivity index (χ1n) is 7.76. The summed E-state index contributed by atoms with van der Waals surface area (Å²) in [6, 6.07) is 12.4. The Bertz CT molecular complexity index is 840. The number of para-hydroxylation sites is 1. The molecule has 0 spiro atoms. The highest BCUT2D eigenvalue weighted by Gasteiger charge is 2.25. The van der Waals surface area contributed by atoms with E-state index in [0.29, 0.717) is 31.1 Å². The van der Waals surface area contributed by atoms with E-state index in [9.17, 15) is 8.42 Å². The number of hydrogen-bond donors (Lipinski definition) is 1. The molecule has 2 aromatic rings. The van der Waals surface area contributed by atoms with Crippen LogP contribution in [0.1, 0.15) is 5.56 Å². The topological polar surface area (TPSA) is 73.9 Å². The predicted octanol–water partition coefficient (Wildman–Crippen LogP) is 1.74. The van der Waals surface area contributed by atoms with Crippen LogP contribution in [-0.2, 0) is 16.4 Å². The lowest BCUT2D eigenvalue weighted by Crippen LogP contribution is -2.34. The summed E-state index contributed by atoms with van der Waals surface area (Å²) < 4.78 is 44.2. The minimum Gasteiger partial charge on any atom is -0.488 e. The lowest BCUT2D eigenvalue weighted by molar-refractivity contribution is 0.171. The fourth-order valence-corrected chi connectivity index (χ4v) is 3.93. The molecule has 2 aliphatic heterocycles. The maximum Gasteiger partial charge on any atom is 0.240 e. The van der Waals surface area contributed by atoms with E-state index in [-0.39, 0.29) is 17.5 Å². The van der Waals surface area contributed by atoms with Crippen LogP contribution in [0.25, 0.3) is 0 Å². The number of fused-ring (bicyclic) bond motifs is 2. The average molecular weight is 347 g/mol. The van der Waals surface area contributed by atoms with Crippen molar-refractivity contribution in [3.63, 3.8) is 0 Å². The van der Waals surface area contributed by atoms with E-state index in [2.05, 4.69) is 4.72 Å². The van der Waals surface area contributed by atoms with Crippen molar-refractivity contribution in [1.82, 2.24) is 4.72 Å². The maximum absolute atomic E-state index is 12.5. The molecule has 2 aromatic carbocycles. The summed E-state index contributed by atoms with van der Waals surface area (Å²) in [4.78, 5) is 0.155. The zero-order valence-corrected chi connectivity index (χ0v) is 13.7. The lowest BCUT2D eigenvalue weighted by atomic mass is 10.1. The molecule has 0 amide bonds. The standard InChI is InChI=1S/C17H17NO5S/c19-24(20,14-5-6-16-17(10-14)22-8-7-21-16)18-11-13-9-12-3-1-2-4-15(12)23-13/h1-6,10,13,18H,7-9,11H2. The fraction of sp³-hybridized carbons (Fsp3) is 0.294. The smallest absolute Gasteiger partial charge is 0.240 e. The highest BCUT2D eigenvalue weighted by molar-refractivity contribution is 7.89. The molecule has 0 fully saturated rings. The number of hydrogen-bond acceptors (Lipinski definition) is 5. The Labute approximate surface area is 140 Å². The molecule has 0 bridgehead atoms. The van der Waals surface area contributed by atoms with Crippen molar-refractivity contribution in [2.75, 3.05) is 19.8 Å².